The molecule has 0 aromatic heterocycles. The molecule has 0 unspecified atom stereocenters. The molecule has 0 heterocycles. The molecule has 0 atom stereocenters. The van der Waals surface area contributed by atoms with Crippen LogP contribution in [0.3, 0.4) is 0 Å². The minimum absolute atomic E-state index is 0. The van der Waals surface area contributed by atoms with Crippen molar-refractivity contribution in [3.63, 3.8) is 0 Å². The fourth-order valence-corrected chi connectivity index (χ4v) is 0. The van der Waals surface area contributed by atoms with Gasteiger partial charge < -0.3 is 6.15 Å². The Morgan fingerprint density at radius 3 is 0.222 bits per heavy atom. The van der Waals surface area contributed by atoms with Gasteiger partial charge in [-0.1, -0.05) is 0 Å². The predicted octanol–water partition coefficient (Wildman–Crippen LogP) is 0.142. The van der Waals surface area contributed by atoms with Crippen molar-refractivity contribution in [2.24, 2.45) is 0 Å². The molecule has 56 valence electrons. The van der Waals surface area contributed by atoms with Crippen molar-refractivity contribution in [3.8, 4) is 0 Å². The Hall–Kier alpha value is 5.47. The van der Waals surface area contributed by atoms with E-state index in [0.29, 0.717) is 0 Å². The molecule has 0 aliphatic heterocycles. The van der Waals surface area contributed by atoms with Crippen LogP contribution in [-0.4, -0.2) is 0 Å². The molecule has 0 saturated carbocycles. The van der Waals surface area contributed by atoms with Crippen LogP contribution >= 0.6 is 0 Å². The Labute approximate surface area is 171 Å². The molecular weight excluding hydrogens is 782 g/mol. The van der Waals surface area contributed by atoms with E-state index in [4.69, 9.17) is 0 Å². The molecule has 0 fully saturated rings. The smallest absolute Gasteiger partial charge is 0 e. The Balaban J connectivity index is 0. The number of rotatable bonds is 0. The quantitative estimate of drug-likeness (QED) is 0.350. The van der Waals surface area contributed by atoms with Gasteiger partial charge in [-0.15, -0.1) is 0 Å². The number of hydrogen-bond acceptors (Lipinski definition) is 1. The van der Waals surface area contributed by atoms with Gasteiger partial charge in [0.25, 0.3) is 0 Å². The third-order valence-electron chi connectivity index (χ3n) is 0. The van der Waals surface area contributed by atoms with Gasteiger partial charge >= 0.3 is 0 Å². The van der Waals surface area contributed by atoms with Crippen molar-refractivity contribution in [2.75, 3.05) is 0 Å². The zero-order valence-electron chi connectivity index (χ0n) is 3.97. The van der Waals surface area contributed by atoms with E-state index in [9.17, 15) is 0 Å². The Kier molecular flexibility index (Phi) is 683. The van der Waals surface area contributed by atoms with Crippen LogP contribution in [0.4, 0.5) is 0 Å². The first-order valence-corrected chi connectivity index (χ1v) is 0. The van der Waals surface area contributed by atoms with Crippen LogP contribution in [0.25, 0.3) is 0 Å². The third kappa shape index (κ3) is 59.3. The Bertz CT molecular complexity index is 4.53. The van der Waals surface area contributed by atoms with Crippen LogP contribution in [0.2, 0.25) is 0 Å². The molecule has 0 spiro atoms. The summed E-state index contributed by atoms with van der Waals surface area (Å²) in [4.78, 5) is 0. The summed E-state index contributed by atoms with van der Waals surface area (Å²) in [5, 5.41) is 0. The van der Waals surface area contributed by atoms with Crippen LogP contribution in [-0.2, 0) is 169 Å². The molecule has 9 heavy (non-hydrogen) atoms. The van der Waals surface area contributed by atoms with Crippen LogP contribution in [0.15, 0.2) is 0 Å². The molecule has 0 aromatic rings. The minimum Gasteiger partial charge on any atom is -0.344 e. The fraction of sp³-hybridized carbons (Fsp3) is 0. The van der Waals surface area contributed by atoms with Gasteiger partial charge in [0, 0.05) is 169 Å². The third-order valence-corrected chi connectivity index (χ3v) is 0. The average molecular weight is 785 g/mol. The average Bonchev–Trinajstić information content (AvgIpc) is 0. The van der Waals surface area contributed by atoms with Gasteiger partial charge in [-0.3, -0.25) is 0 Å². The van der Waals surface area contributed by atoms with E-state index < -0.39 is 0 Å². The second kappa shape index (κ2) is 70.0. The zero-order chi connectivity index (χ0) is 0. The van der Waals surface area contributed by atoms with Crippen molar-refractivity contribution < 1.29 is 169 Å². The SMILES string of the molecule is N.[Mo].[Mo].[Mo].[Mo].[Mo].[Mo].[Mo].[Mo]. The second-order valence-electron chi connectivity index (χ2n) is 0. The molecule has 0 radical (unpaired) electrons. The van der Waals surface area contributed by atoms with E-state index >= 15 is 0 Å². The maximum absolute atomic E-state index is 0. The standard InChI is InChI=1S/8Mo.H3N/h;;;;;;;;1H3. The summed E-state index contributed by atoms with van der Waals surface area (Å²) in [6.45, 7) is 0. The Morgan fingerprint density at radius 1 is 0.222 bits per heavy atom. The first-order chi connectivity index (χ1) is 0. The molecule has 0 saturated heterocycles. The molecule has 1 nitrogen and oxygen atoms in total. The predicted molar refractivity (Wildman–Crippen MR) is 5.02 cm³/mol. The molecule has 0 aliphatic carbocycles. The van der Waals surface area contributed by atoms with E-state index in [1.165, 1.54) is 0 Å². The van der Waals surface area contributed by atoms with Gasteiger partial charge in [-0.25, -0.2) is 0 Å². The topological polar surface area (TPSA) is 35.0 Å². The zero-order valence-corrected chi connectivity index (χ0v) is 20.0. The van der Waals surface area contributed by atoms with E-state index in [0.717, 1.165) is 0 Å². The van der Waals surface area contributed by atoms with E-state index in [-0.39, 0.29) is 175 Å². The molecule has 3 N–H and O–H groups in total. The van der Waals surface area contributed by atoms with Crippen molar-refractivity contribution in [1.82, 2.24) is 6.15 Å². The molecule has 0 aliphatic rings. The number of hydrogen-bond donors (Lipinski definition) is 1. The summed E-state index contributed by atoms with van der Waals surface area (Å²) in [5.41, 5.74) is 0. The van der Waals surface area contributed by atoms with E-state index in [1.54, 1.807) is 0 Å². The van der Waals surface area contributed by atoms with Gasteiger partial charge in [0.2, 0.25) is 0 Å². The molecular formula is H3Mo8N. The maximum atomic E-state index is 0. The van der Waals surface area contributed by atoms with Crippen molar-refractivity contribution in [2.45, 2.75) is 0 Å². The molecule has 9 heteroatoms. The van der Waals surface area contributed by atoms with Crippen molar-refractivity contribution in [1.29, 1.82) is 0 Å². The molecule has 0 aromatic carbocycles. The first-order valence-electron chi connectivity index (χ1n) is 0. The van der Waals surface area contributed by atoms with Crippen LogP contribution in [0.1, 0.15) is 0 Å². The minimum atomic E-state index is 0. The largest absolute Gasteiger partial charge is 0.344 e. The summed E-state index contributed by atoms with van der Waals surface area (Å²) in [7, 11) is 0. The molecule has 0 bridgehead atoms. The normalized spacial score (nSPS) is 0. The van der Waals surface area contributed by atoms with Gasteiger partial charge in [0.15, 0.2) is 0 Å². The van der Waals surface area contributed by atoms with Gasteiger partial charge in [-0.2, -0.15) is 0 Å². The van der Waals surface area contributed by atoms with Gasteiger partial charge in [0.05, 0.1) is 0 Å². The van der Waals surface area contributed by atoms with Crippen LogP contribution < -0.4 is 6.15 Å². The molecule has 0 amide bonds. The van der Waals surface area contributed by atoms with Gasteiger partial charge in [0.1, 0.15) is 0 Å². The summed E-state index contributed by atoms with van der Waals surface area (Å²) >= 11 is 0. The summed E-state index contributed by atoms with van der Waals surface area (Å²) in [6.07, 6.45) is 0. The summed E-state index contributed by atoms with van der Waals surface area (Å²) in [6, 6.07) is 0. The summed E-state index contributed by atoms with van der Waals surface area (Å²) < 4.78 is 0. The van der Waals surface area contributed by atoms with Crippen LogP contribution in [0, 0.1) is 0 Å². The monoisotopic (exact) mass is 800 g/mol. The van der Waals surface area contributed by atoms with E-state index in [1.807, 2.05) is 0 Å². The van der Waals surface area contributed by atoms with E-state index in [2.05, 4.69) is 0 Å². The maximum Gasteiger partial charge on any atom is 0 e. The second-order valence-corrected chi connectivity index (χ2v) is 0. The Morgan fingerprint density at radius 2 is 0.222 bits per heavy atom. The first kappa shape index (κ1) is 87.8. The van der Waals surface area contributed by atoms with Crippen molar-refractivity contribution in [3.05, 3.63) is 0 Å². The van der Waals surface area contributed by atoms with Crippen LogP contribution in [0.5, 0.6) is 0 Å². The van der Waals surface area contributed by atoms with Gasteiger partial charge in [-0.05, 0) is 0 Å². The summed E-state index contributed by atoms with van der Waals surface area (Å²) in [5.74, 6) is 0. The van der Waals surface area contributed by atoms with Crippen molar-refractivity contribution >= 4 is 0 Å². The fourth-order valence-electron chi connectivity index (χ4n) is 0. The molecule has 0 rings (SSSR count).